The third kappa shape index (κ3) is 4.59. The van der Waals surface area contributed by atoms with Crippen LogP contribution < -0.4 is 0 Å². The largest absolute Gasteiger partial charge is 0.462 e. The van der Waals surface area contributed by atoms with E-state index >= 15 is 0 Å². The van der Waals surface area contributed by atoms with Gasteiger partial charge in [0.1, 0.15) is 5.82 Å². The highest BCUT2D eigenvalue weighted by Crippen LogP contribution is 2.42. The highest BCUT2D eigenvalue weighted by Gasteiger charge is 2.29. The van der Waals surface area contributed by atoms with Crippen LogP contribution in [0.3, 0.4) is 0 Å². The van der Waals surface area contributed by atoms with Crippen molar-refractivity contribution in [3.63, 3.8) is 0 Å². The van der Waals surface area contributed by atoms with E-state index in [1.54, 1.807) is 13.0 Å². The normalized spacial score (nSPS) is 12.6. The maximum Gasteiger partial charge on any atom is 0.340 e. The van der Waals surface area contributed by atoms with E-state index in [0.717, 1.165) is 12.3 Å². The van der Waals surface area contributed by atoms with Crippen molar-refractivity contribution in [2.45, 2.75) is 27.7 Å². The smallest absolute Gasteiger partial charge is 0.340 e. The minimum absolute atomic E-state index is 0.0576. The second-order valence-corrected chi connectivity index (χ2v) is 8.25. The fourth-order valence-corrected chi connectivity index (χ4v) is 3.56. The number of carbonyl (C=O) groups excluding carboxylic acids is 1. The molecule has 8 heteroatoms. The Hall–Kier alpha value is -1.82. The third-order valence-electron chi connectivity index (χ3n) is 3.96. The number of allylic oxidation sites excluding steroid dienone is 1. The van der Waals surface area contributed by atoms with Gasteiger partial charge in [0.2, 0.25) is 0 Å². The molecule has 0 bridgehead atoms. The third-order valence-corrected chi connectivity index (χ3v) is 5.06. The molecule has 2 N–H and O–H groups in total. The Balaban J connectivity index is 2.75. The SMILES string of the molecule is CCOC(=O)/C(C=N)=C(/c1cc(Cl)c(-c2cc(F)cc(Cl)c2Cl)[nH]1)C(C)(C)C. The van der Waals surface area contributed by atoms with E-state index in [9.17, 15) is 9.18 Å². The van der Waals surface area contributed by atoms with Crippen LogP contribution >= 0.6 is 34.8 Å². The first-order valence-electron chi connectivity index (χ1n) is 8.47. The van der Waals surface area contributed by atoms with Gasteiger partial charge in [-0.15, -0.1) is 0 Å². The molecular weight excluding hydrogens is 426 g/mol. The topological polar surface area (TPSA) is 65.9 Å². The number of rotatable bonds is 5. The summed E-state index contributed by atoms with van der Waals surface area (Å²) < 4.78 is 18.9. The van der Waals surface area contributed by atoms with E-state index in [2.05, 4.69) is 4.98 Å². The van der Waals surface area contributed by atoms with Crippen molar-refractivity contribution >= 4 is 52.6 Å². The zero-order valence-corrected chi connectivity index (χ0v) is 18.1. The molecule has 4 nitrogen and oxygen atoms in total. The molecule has 1 aromatic heterocycles. The lowest BCUT2D eigenvalue weighted by Crippen LogP contribution is -2.18. The van der Waals surface area contributed by atoms with Crippen molar-refractivity contribution in [2.75, 3.05) is 6.61 Å². The first-order chi connectivity index (χ1) is 13.0. The lowest BCUT2D eigenvalue weighted by molar-refractivity contribution is -0.137. The Morgan fingerprint density at radius 3 is 2.39 bits per heavy atom. The van der Waals surface area contributed by atoms with Gasteiger partial charge in [0.25, 0.3) is 0 Å². The van der Waals surface area contributed by atoms with Gasteiger partial charge in [-0.25, -0.2) is 9.18 Å². The van der Waals surface area contributed by atoms with Crippen LogP contribution in [0.25, 0.3) is 16.8 Å². The van der Waals surface area contributed by atoms with Gasteiger partial charge in [0, 0.05) is 17.5 Å². The number of aromatic amines is 1. The van der Waals surface area contributed by atoms with Gasteiger partial charge in [0.05, 0.1) is 32.9 Å². The number of H-pyrrole nitrogens is 1. The first kappa shape index (κ1) is 22.5. The number of ether oxygens (including phenoxy) is 1. The fraction of sp³-hybridized carbons (Fsp3) is 0.300. The molecule has 0 aliphatic heterocycles. The Bertz CT molecular complexity index is 959. The second kappa shape index (κ2) is 8.68. The molecule has 0 amide bonds. The number of carbonyl (C=O) groups is 1. The summed E-state index contributed by atoms with van der Waals surface area (Å²) in [7, 11) is 0. The van der Waals surface area contributed by atoms with E-state index < -0.39 is 17.2 Å². The van der Waals surface area contributed by atoms with E-state index in [0.29, 0.717) is 22.5 Å². The molecule has 2 rings (SSSR count). The van der Waals surface area contributed by atoms with Crippen molar-refractivity contribution in [3.8, 4) is 11.3 Å². The first-order valence-corrected chi connectivity index (χ1v) is 9.60. The zero-order chi connectivity index (χ0) is 21.2. The van der Waals surface area contributed by atoms with Gasteiger partial charge in [-0.05, 0) is 36.1 Å². The van der Waals surface area contributed by atoms with Crippen LogP contribution in [0.4, 0.5) is 4.39 Å². The Labute approximate surface area is 178 Å². The van der Waals surface area contributed by atoms with Crippen molar-refractivity contribution in [1.82, 2.24) is 4.98 Å². The van der Waals surface area contributed by atoms with E-state index in [4.69, 9.17) is 44.9 Å². The van der Waals surface area contributed by atoms with Gasteiger partial charge in [-0.2, -0.15) is 0 Å². The fourth-order valence-electron chi connectivity index (χ4n) is 2.89. The van der Waals surface area contributed by atoms with Gasteiger partial charge < -0.3 is 15.1 Å². The standard InChI is InChI=1S/C20H20Cl3FN2O2/c1-5-28-19(27)12(9-25)16(20(2,3)4)15-8-14(22)18(26-15)11-6-10(24)7-13(21)17(11)23/h6-9,25-26H,5H2,1-4H3/b16-12-,25-9?. The summed E-state index contributed by atoms with van der Waals surface area (Å²) in [5.41, 5.74) is 1.25. The molecule has 2 aromatic rings. The van der Waals surface area contributed by atoms with Crippen molar-refractivity contribution < 1.29 is 13.9 Å². The number of hydrogen-bond donors (Lipinski definition) is 2. The van der Waals surface area contributed by atoms with Crippen molar-refractivity contribution in [2.24, 2.45) is 5.41 Å². The van der Waals surface area contributed by atoms with Crippen LogP contribution in [-0.2, 0) is 9.53 Å². The average molecular weight is 446 g/mol. The molecule has 0 saturated carbocycles. The minimum atomic E-state index is -0.610. The number of aromatic nitrogens is 1. The summed E-state index contributed by atoms with van der Waals surface area (Å²) in [6.07, 6.45) is 0.957. The predicted molar refractivity (Wildman–Crippen MR) is 113 cm³/mol. The molecule has 0 spiro atoms. The summed E-state index contributed by atoms with van der Waals surface area (Å²) >= 11 is 18.6. The Kier molecular flexibility index (Phi) is 6.97. The molecule has 0 saturated heterocycles. The maximum absolute atomic E-state index is 13.9. The maximum atomic E-state index is 13.9. The summed E-state index contributed by atoms with van der Waals surface area (Å²) in [5, 5.41) is 8.20. The van der Waals surface area contributed by atoms with E-state index in [1.807, 2.05) is 20.8 Å². The van der Waals surface area contributed by atoms with Crippen LogP contribution in [0.2, 0.25) is 15.1 Å². The average Bonchev–Trinajstić information content (AvgIpc) is 2.95. The lowest BCUT2D eigenvalue weighted by atomic mass is 9.81. The van der Waals surface area contributed by atoms with Gasteiger partial charge in [-0.3, -0.25) is 0 Å². The van der Waals surface area contributed by atoms with Crippen LogP contribution in [0.5, 0.6) is 0 Å². The molecule has 0 radical (unpaired) electrons. The van der Waals surface area contributed by atoms with Gasteiger partial charge >= 0.3 is 5.97 Å². The highest BCUT2D eigenvalue weighted by molar-refractivity contribution is 6.44. The molecule has 0 atom stereocenters. The summed E-state index contributed by atoms with van der Waals surface area (Å²) in [4.78, 5) is 15.5. The molecule has 150 valence electrons. The Morgan fingerprint density at radius 2 is 1.86 bits per heavy atom. The van der Waals surface area contributed by atoms with Gasteiger partial charge in [0.15, 0.2) is 0 Å². The van der Waals surface area contributed by atoms with Crippen LogP contribution in [0.15, 0.2) is 23.8 Å². The van der Waals surface area contributed by atoms with Crippen molar-refractivity contribution in [1.29, 1.82) is 5.41 Å². The molecular formula is C20H20Cl3FN2O2. The second-order valence-electron chi connectivity index (χ2n) is 7.06. The minimum Gasteiger partial charge on any atom is -0.462 e. The summed E-state index contributed by atoms with van der Waals surface area (Å²) in [5.74, 6) is -1.17. The van der Waals surface area contributed by atoms with Gasteiger partial charge in [-0.1, -0.05) is 55.6 Å². The number of benzene rings is 1. The van der Waals surface area contributed by atoms with Crippen molar-refractivity contribution in [3.05, 3.63) is 50.4 Å². The number of nitrogens with one attached hydrogen (secondary N) is 2. The predicted octanol–water partition coefficient (Wildman–Crippen LogP) is 6.79. The summed E-state index contributed by atoms with van der Waals surface area (Å²) in [6, 6.07) is 3.94. The number of halogens is 4. The zero-order valence-electron chi connectivity index (χ0n) is 15.8. The lowest BCUT2D eigenvalue weighted by Gasteiger charge is -2.24. The molecule has 1 heterocycles. The molecule has 0 fully saturated rings. The number of esters is 1. The van der Waals surface area contributed by atoms with Crippen LogP contribution in [-0.4, -0.2) is 23.8 Å². The molecule has 0 aliphatic rings. The molecule has 0 unspecified atom stereocenters. The van der Waals surface area contributed by atoms with Crippen LogP contribution in [0, 0.1) is 16.6 Å². The molecule has 0 aliphatic carbocycles. The summed E-state index contributed by atoms with van der Waals surface area (Å²) in [6.45, 7) is 7.56. The van der Waals surface area contributed by atoms with E-state index in [1.165, 1.54) is 6.07 Å². The van der Waals surface area contributed by atoms with Crippen LogP contribution in [0.1, 0.15) is 33.4 Å². The van der Waals surface area contributed by atoms with E-state index in [-0.39, 0.29) is 27.2 Å². The number of hydrogen-bond acceptors (Lipinski definition) is 3. The quantitative estimate of drug-likeness (QED) is 0.230. The highest BCUT2D eigenvalue weighted by atomic mass is 35.5. The Morgan fingerprint density at radius 1 is 1.21 bits per heavy atom. The molecule has 28 heavy (non-hydrogen) atoms. The molecule has 1 aromatic carbocycles. The monoisotopic (exact) mass is 444 g/mol.